The Kier molecular flexibility index (Phi) is 7.11. The van der Waals surface area contributed by atoms with Crippen molar-refractivity contribution in [3.63, 3.8) is 0 Å². The molecule has 154 valence electrons. The van der Waals surface area contributed by atoms with E-state index < -0.39 is 11.6 Å². The van der Waals surface area contributed by atoms with Crippen LogP contribution in [0.3, 0.4) is 0 Å². The maximum absolute atomic E-state index is 13.9. The Balaban J connectivity index is 1.50. The van der Waals surface area contributed by atoms with Gasteiger partial charge in [0.15, 0.2) is 16.7 Å². The summed E-state index contributed by atoms with van der Waals surface area (Å²) < 4.78 is 32.2. The number of thiocarbonyl (C=S) groups is 1. The van der Waals surface area contributed by atoms with Crippen LogP contribution < -0.4 is 5.32 Å². The summed E-state index contributed by atoms with van der Waals surface area (Å²) in [5.41, 5.74) is 1.63. The molecule has 5 nitrogen and oxygen atoms in total. The summed E-state index contributed by atoms with van der Waals surface area (Å²) >= 11 is 5.48. The summed E-state index contributed by atoms with van der Waals surface area (Å²) in [7, 11) is 0. The Labute approximate surface area is 174 Å². The van der Waals surface area contributed by atoms with Crippen molar-refractivity contribution in [3.8, 4) is 0 Å². The van der Waals surface area contributed by atoms with Crippen molar-refractivity contribution in [2.75, 3.05) is 38.1 Å². The fourth-order valence-corrected chi connectivity index (χ4v) is 3.43. The van der Waals surface area contributed by atoms with Gasteiger partial charge in [0.1, 0.15) is 0 Å². The molecule has 8 heteroatoms. The second kappa shape index (κ2) is 9.76. The van der Waals surface area contributed by atoms with Crippen LogP contribution in [0.25, 0.3) is 0 Å². The normalized spacial score (nSPS) is 14.5. The van der Waals surface area contributed by atoms with Crippen LogP contribution in [-0.2, 0) is 11.3 Å². The number of esters is 1. The van der Waals surface area contributed by atoms with Crippen LogP contribution in [-0.4, -0.2) is 53.7 Å². The zero-order chi connectivity index (χ0) is 20.8. The van der Waals surface area contributed by atoms with Gasteiger partial charge in [-0.3, -0.25) is 4.90 Å². The van der Waals surface area contributed by atoms with Crippen LogP contribution in [0.2, 0.25) is 0 Å². The van der Waals surface area contributed by atoms with E-state index >= 15 is 0 Å². The number of hydrogen-bond donors (Lipinski definition) is 1. The SMILES string of the molecule is CCOC(=O)c1ccc(NC(=S)N2CCN(Cc3cccc(F)c3F)CC2)cc1. The van der Waals surface area contributed by atoms with Gasteiger partial charge in [0.2, 0.25) is 0 Å². The number of carbonyl (C=O) groups is 1. The Morgan fingerprint density at radius 1 is 1.10 bits per heavy atom. The van der Waals surface area contributed by atoms with Crippen LogP contribution in [0, 0.1) is 11.6 Å². The molecule has 0 radical (unpaired) electrons. The number of anilines is 1. The summed E-state index contributed by atoms with van der Waals surface area (Å²) in [6.07, 6.45) is 0. The lowest BCUT2D eigenvalue weighted by atomic mass is 10.1. The van der Waals surface area contributed by atoms with E-state index in [-0.39, 0.29) is 5.97 Å². The highest BCUT2D eigenvalue weighted by molar-refractivity contribution is 7.80. The van der Waals surface area contributed by atoms with Crippen molar-refractivity contribution in [2.45, 2.75) is 13.5 Å². The molecule has 29 heavy (non-hydrogen) atoms. The van der Waals surface area contributed by atoms with Gasteiger partial charge in [-0.25, -0.2) is 13.6 Å². The molecule has 0 spiro atoms. The molecule has 1 heterocycles. The Bertz CT molecular complexity index is 869. The second-order valence-corrected chi connectivity index (χ2v) is 7.09. The van der Waals surface area contributed by atoms with Gasteiger partial charge in [-0.2, -0.15) is 0 Å². The molecule has 0 unspecified atom stereocenters. The smallest absolute Gasteiger partial charge is 0.338 e. The third-order valence-corrected chi connectivity index (χ3v) is 5.09. The van der Waals surface area contributed by atoms with Crippen molar-refractivity contribution < 1.29 is 18.3 Å². The fraction of sp³-hybridized carbons (Fsp3) is 0.333. The summed E-state index contributed by atoms with van der Waals surface area (Å²) in [6.45, 7) is 5.22. The third kappa shape index (κ3) is 5.48. The Morgan fingerprint density at radius 3 is 2.45 bits per heavy atom. The lowest BCUT2D eigenvalue weighted by molar-refractivity contribution is 0.0526. The molecular formula is C21H23F2N3O2S. The Morgan fingerprint density at radius 2 is 1.79 bits per heavy atom. The van der Waals surface area contributed by atoms with E-state index in [0.717, 1.165) is 11.8 Å². The standard InChI is InChI=1S/C21H23F2N3O2S/c1-2-28-20(27)15-6-8-17(9-7-15)24-21(29)26-12-10-25(11-13-26)14-16-4-3-5-18(22)19(16)23/h3-9H,2,10-14H2,1H3,(H,24,29). The van der Waals surface area contributed by atoms with Crippen LogP contribution in [0.5, 0.6) is 0 Å². The third-order valence-electron chi connectivity index (χ3n) is 4.73. The number of hydrogen-bond acceptors (Lipinski definition) is 4. The Hall–Kier alpha value is -2.58. The highest BCUT2D eigenvalue weighted by Crippen LogP contribution is 2.16. The largest absolute Gasteiger partial charge is 0.462 e. The summed E-state index contributed by atoms with van der Waals surface area (Å²) in [5, 5.41) is 3.76. The molecular weight excluding hydrogens is 396 g/mol. The monoisotopic (exact) mass is 419 g/mol. The van der Waals surface area contributed by atoms with E-state index in [9.17, 15) is 13.6 Å². The minimum atomic E-state index is -0.819. The molecule has 2 aromatic rings. The zero-order valence-corrected chi connectivity index (χ0v) is 17.0. The molecule has 0 saturated carbocycles. The number of carbonyl (C=O) groups excluding carboxylic acids is 1. The van der Waals surface area contributed by atoms with Crippen molar-refractivity contribution in [1.29, 1.82) is 0 Å². The number of rotatable bonds is 5. The van der Waals surface area contributed by atoms with Crippen LogP contribution in [0.1, 0.15) is 22.8 Å². The van der Waals surface area contributed by atoms with E-state index in [1.54, 1.807) is 37.3 Å². The number of ether oxygens (including phenoxy) is 1. The first-order chi connectivity index (χ1) is 14.0. The van der Waals surface area contributed by atoms with Gasteiger partial charge in [0, 0.05) is 44.0 Å². The maximum atomic E-state index is 13.9. The molecule has 1 N–H and O–H groups in total. The van der Waals surface area contributed by atoms with E-state index in [2.05, 4.69) is 10.2 Å². The average molecular weight is 419 g/mol. The van der Waals surface area contributed by atoms with Crippen molar-refractivity contribution in [2.24, 2.45) is 0 Å². The van der Waals surface area contributed by atoms with E-state index in [1.807, 2.05) is 4.90 Å². The first-order valence-electron chi connectivity index (χ1n) is 9.46. The molecule has 0 bridgehead atoms. The maximum Gasteiger partial charge on any atom is 0.338 e. The lowest BCUT2D eigenvalue weighted by Crippen LogP contribution is -2.49. The van der Waals surface area contributed by atoms with Gasteiger partial charge in [0.25, 0.3) is 0 Å². The number of piperazine rings is 1. The zero-order valence-electron chi connectivity index (χ0n) is 16.2. The average Bonchev–Trinajstić information content (AvgIpc) is 2.72. The molecule has 0 aromatic heterocycles. The van der Waals surface area contributed by atoms with Gasteiger partial charge in [0.05, 0.1) is 12.2 Å². The van der Waals surface area contributed by atoms with Gasteiger partial charge in [-0.05, 0) is 49.5 Å². The van der Waals surface area contributed by atoms with Crippen molar-refractivity contribution >= 4 is 29.0 Å². The predicted octanol–water partition coefficient (Wildman–Crippen LogP) is 3.66. The summed E-state index contributed by atoms with van der Waals surface area (Å²) in [6, 6.07) is 11.2. The molecule has 1 aliphatic heterocycles. The molecule has 0 aliphatic carbocycles. The minimum absolute atomic E-state index is 0.334. The molecule has 2 aromatic carbocycles. The molecule has 3 rings (SSSR count). The van der Waals surface area contributed by atoms with Crippen LogP contribution >= 0.6 is 12.2 Å². The van der Waals surface area contributed by atoms with Gasteiger partial charge in [-0.15, -0.1) is 0 Å². The minimum Gasteiger partial charge on any atom is -0.462 e. The molecule has 0 atom stereocenters. The van der Waals surface area contributed by atoms with E-state index in [0.29, 0.717) is 55.6 Å². The highest BCUT2D eigenvalue weighted by Gasteiger charge is 2.20. The van der Waals surface area contributed by atoms with Gasteiger partial charge in [-0.1, -0.05) is 12.1 Å². The number of nitrogens with one attached hydrogen (secondary N) is 1. The van der Waals surface area contributed by atoms with Gasteiger partial charge >= 0.3 is 5.97 Å². The molecule has 1 saturated heterocycles. The summed E-state index contributed by atoms with van der Waals surface area (Å²) in [4.78, 5) is 15.8. The molecule has 0 amide bonds. The topological polar surface area (TPSA) is 44.8 Å². The van der Waals surface area contributed by atoms with Crippen LogP contribution in [0.4, 0.5) is 14.5 Å². The highest BCUT2D eigenvalue weighted by atomic mass is 32.1. The fourth-order valence-electron chi connectivity index (χ4n) is 3.13. The molecule has 1 fully saturated rings. The second-order valence-electron chi connectivity index (χ2n) is 6.70. The quantitative estimate of drug-likeness (QED) is 0.590. The van der Waals surface area contributed by atoms with Gasteiger partial charge < -0.3 is 15.0 Å². The number of halogens is 2. The predicted molar refractivity (Wildman–Crippen MR) is 112 cm³/mol. The van der Waals surface area contributed by atoms with Crippen molar-refractivity contribution in [1.82, 2.24) is 9.80 Å². The number of nitrogens with zero attached hydrogens (tertiary/aromatic N) is 2. The van der Waals surface area contributed by atoms with Crippen LogP contribution in [0.15, 0.2) is 42.5 Å². The van der Waals surface area contributed by atoms with E-state index in [1.165, 1.54) is 6.07 Å². The van der Waals surface area contributed by atoms with Crippen molar-refractivity contribution in [3.05, 3.63) is 65.2 Å². The number of benzene rings is 2. The first kappa shape index (κ1) is 21.1. The van der Waals surface area contributed by atoms with E-state index in [4.69, 9.17) is 17.0 Å². The lowest BCUT2D eigenvalue weighted by Gasteiger charge is -2.36. The molecule has 1 aliphatic rings. The first-order valence-corrected chi connectivity index (χ1v) is 9.87. The summed E-state index contributed by atoms with van der Waals surface area (Å²) in [5.74, 6) is -1.95.